The van der Waals surface area contributed by atoms with Gasteiger partial charge in [0, 0.05) is 36.4 Å². The Balaban J connectivity index is 1.64. The van der Waals surface area contributed by atoms with E-state index in [9.17, 15) is 4.79 Å². The number of carbonyl (C=O) groups is 1. The zero-order valence-corrected chi connectivity index (χ0v) is 18.6. The van der Waals surface area contributed by atoms with E-state index < -0.39 is 0 Å². The average molecular weight is 439 g/mol. The maximum atomic E-state index is 12.2. The van der Waals surface area contributed by atoms with Gasteiger partial charge in [0.1, 0.15) is 17.2 Å². The Kier molecular flexibility index (Phi) is 6.70. The highest BCUT2D eigenvalue weighted by Gasteiger charge is 2.26. The fraction of sp³-hybridized carbons (Fsp3) is 0.222. The zero-order valence-electron chi connectivity index (χ0n) is 18.6. The molecule has 2 aromatic heterocycles. The summed E-state index contributed by atoms with van der Waals surface area (Å²) in [6.07, 6.45) is 17.4. The summed E-state index contributed by atoms with van der Waals surface area (Å²) in [7, 11) is 0. The Morgan fingerprint density at radius 3 is 2.85 bits per heavy atom. The van der Waals surface area contributed by atoms with Crippen molar-refractivity contribution in [3.8, 4) is 29.4 Å². The second kappa shape index (κ2) is 10.0. The third-order valence-corrected chi connectivity index (χ3v) is 5.73. The van der Waals surface area contributed by atoms with E-state index in [0.717, 1.165) is 41.5 Å². The van der Waals surface area contributed by atoms with Crippen molar-refractivity contribution in [3.63, 3.8) is 0 Å². The van der Waals surface area contributed by atoms with Crippen LogP contribution in [0.25, 0.3) is 22.2 Å². The van der Waals surface area contributed by atoms with Gasteiger partial charge in [0.05, 0.1) is 11.6 Å². The second-order valence-corrected chi connectivity index (χ2v) is 7.79. The predicted octanol–water partition coefficient (Wildman–Crippen LogP) is 4.92. The highest BCUT2D eigenvalue weighted by Crippen LogP contribution is 2.33. The normalized spacial score (nSPS) is 16.7. The number of allylic oxidation sites excluding steroid dienone is 3. The number of likely N-dealkylation sites (tertiary alicyclic amines) is 1. The fourth-order valence-corrected chi connectivity index (χ4v) is 4.10. The van der Waals surface area contributed by atoms with Crippen molar-refractivity contribution in [2.45, 2.75) is 25.8 Å². The van der Waals surface area contributed by atoms with Gasteiger partial charge in [-0.3, -0.25) is 14.5 Å². The van der Waals surface area contributed by atoms with E-state index in [1.807, 2.05) is 59.1 Å². The number of hydrogen-bond donors (Lipinski definition) is 0. The third-order valence-electron chi connectivity index (χ3n) is 5.73. The molecule has 1 aliphatic heterocycles. The van der Waals surface area contributed by atoms with Crippen LogP contribution in [-0.4, -0.2) is 38.7 Å². The van der Waals surface area contributed by atoms with Crippen molar-refractivity contribution in [2.75, 3.05) is 13.1 Å². The van der Waals surface area contributed by atoms with E-state index in [4.69, 9.17) is 16.3 Å². The molecule has 0 aliphatic carbocycles. The molecule has 1 atom stereocenters. The molecule has 0 N–H and O–H groups in total. The quantitative estimate of drug-likeness (QED) is 0.237. The monoisotopic (exact) mass is 438 g/mol. The van der Waals surface area contributed by atoms with Gasteiger partial charge in [-0.15, -0.1) is 6.42 Å². The van der Waals surface area contributed by atoms with Gasteiger partial charge >= 0.3 is 0 Å². The number of ether oxygens (including phenoxy) is 1. The van der Waals surface area contributed by atoms with Gasteiger partial charge in [-0.2, -0.15) is 5.10 Å². The molecule has 6 nitrogen and oxygen atoms in total. The van der Waals surface area contributed by atoms with Crippen molar-refractivity contribution in [1.29, 1.82) is 0 Å². The minimum Gasteiger partial charge on any atom is -0.458 e. The maximum absolute atomic E-state index is 12.2. The number of fused-ring (bicyclic) bond motifs is 1. The smallest absolute Gasteiger partial charge is 0.246 e. The Hall–Kier alpha value is -4.11. The minimum absolute atomic E-state index is 0.0359. The van der Waals surface area contributed by atoms with E-state index in [1.165, 1.54) is 6.08 Å². The molecular weight excluding hydrogens is 412 g/mol. The molecule has 33 heavy (non-hydrogen) atoms. The van der Waals surface area contributed by atoms with Crippen LogP contribution in [0.5, 0.6) is 5.75 Å². The molecule has 1 amide bonds. The SMILES string of the molecule is C#C/C=C\C(=C/C)Oc1ccc(-c2nn([C@@H]3CCCN(C(=O)C=C)C3)c3ccncc23)cc1. The molecule has 1 aliphatic rings. The van der Waals surface area contributed by atoms with Crippen molar-refractivity contribution < 1.29 is 9.53 Å². The number of aromatic nitrogens is 3. The predicted molar refractivity (Wildman–Crippen MR) is 130 cm³/mol. The summed E-state index contributed by atoms with van der Waals surface area (Å²) in [6, 6.07) is 9.88. The molecule has 1 saturated heterocycles. The van der Waals surface area contributed by atoms with Crippen molar-refractivity contribution >= 4 is 16.8 Å². The fourth-order valence-electron chi connectivity index (χ4n) is 4.10. The molecule has 0 saturated carbocycles. The number of rotatable bonds is 6. The Morgan fingerprint density at radius 2 is 2.12 bits per heavy atom. The number of pyridine rings is 1. The summed E-state index contributed by atoms with van der Waals surface area (Å²) in [5.41, 5.74) is 2.83. The molecular formula is C27H26N4O2. The Bertz CT molecular complexity index is 1260. The summed E-state index contributed by atoms with van der Waals surface area (Å²) < 4.78 is 7.93. The number of carbonyl (C=O) groups excluding carboxylic acids is 1. The van der Waals surface area contributed by atoms with Gasteiger partial charge < -0.3 is 9.64 Å². The lowest BCUT2D eigenvalue weighted by Gasteiger charge is -2.32. The van der Waals surface area contributed by atoms with Crippen LogP contribution >= 0.6 is 0 Å². The Morgan fingerprint density at radius 1 is 1.30 bits per heavy atom. The van der Waals surface area contributed by atoms with Gasteiger partial charge in [-0.1, -0.05) is 12.5 Å². The van der Waals surface area contributed by atoms with Crippen LogP contribution in [0, 0.1) is 12.3 Å². The highest BCUT2D eigenvalue weighted by atomic mass is 16.5. The molecule has 1 fully saturated rings. The number of nitrogens with zero attached hydrogens (tertiary/aromatic N) is 4. The van der Waals surface area contributed by atoms with Crippen LogP contribution in [0.15, 0.2) is 79.4 Å². The Labute approximate surface area is 193 Å². The highest BCUT2D eigenvalue weighted by molar-refractivity contribution is 5.93. The van der Waals surface area contributed by atoms with E-state index in [1.54, 1.807) is 18.3 Å². The van der Waals surface area contributed by atoms with E-state index in [0.29, 0.717) is 18.1 Å². The van der Waals surface area contributed by atoms with Gasteiger partial charge in [-0.05, 0) is 74.4 Å². The first-order chi connectivity index (χ1) is 16.1. The second-order valence-electron chi connectivity index (χ2n) is 7.79. The molecule has 0 unspecified atom stereocenters. The topological polar surface area (TPSA) is 60.2 Å². The molecule has 6 heteroatoms. The zero-order chi connectivity index (χ0) is 23.2. The van der Waals surface area contributed by atoms with Crippen molar-refractivity contribution in [1.82, 2.24) is 19.7 Å². The van der Waals surface area contributed by atoms with Crippen LogP contribution in [0.1, 0.15) is 25.8 Å². The summed E-state index contributed by atoms with van der Waals surface area (Å²) in [5, 5.41) is 5.95. The molecule has 3 heterocycles. The summed E-state index contributed by atoms with van der Waals surface area (Å²) >= 11 is 0. The molecule has 0 spiro atoms. The van der Waals surface area contributed by atoms with Gasteiger partial charge in [0.2, 0.25) is 5.91 Å². The van der Waals surface area contributed by atoms with Crippen molar-refractivity contribution in [2.24, 2.45) is 0 Å². The molecule has 0 bridgehead atoms. The van der Waals surface area contributed by atoms with Gasteiger partial charge in [0.15, 0.2) is 0 Å². The summed E-state index contributed by atoms with van der Waals surface area (Å²) in [6.45, 7) is 6.89. The average Bonchev–Trinajstić information content (AvgIpc) is 3.26. The minimum atomic E-state index is -0.0359. The van der Waals surface area contributed by atoms with E-state index in [-0.39, 0.29) is 11.9 Å². The standard InChI is InChI=1S/C27H26N4O2/c1-4-7-10-22(5-2)33-23-13-11-20(12-14-23)27-24-18-28-16-15-25(24)31(29-27)21-9-8-17-30(19-21)26(32)6-3/h1,5-7,10-16,18,21H,3,8-9,17,19H2,2H3/b10-7-,22-5+/t21-/m1/s1. The van der Waals surface area contributed by atoms with Crippen LogP contribution in [0.3, 0.4) is 0 Å². The van der Waals surface area contributed by atoms with E-state index in [2.05, 4.69) is 17.5 Å². The van der Waals surface area contributed by atoms with Crippen LogP contribution in [-0.2, 0) is 4.79 Å². The molecule has 4 rings (SSSR count). The van der Waals surface area contributed by atoms with Crippen LogP contribution < -0.4 is 4.74 Å². The lowest BCUT2D eigenvalue weighted by Crippen LogP contribution is -2.40. The maximum Gasteiger partial charge on any atom is 0.246 e. The summed E-state index contributed by atoms with van der Waals surface area (Å²) in [4.78, 5) is 18.3. The molecule has 1 aromatic carbocycles. The lowest BCUT2D eigenvalue weighted by atomic mass is 10.1. The van der Waals surface area contributed by atoms with Crippen molar-refractivity contribution in [3.05, 3.63) is 79.4 Å². The van der Waals surface area contributed by atoms with Crippen LogP contribution in [0.4, 0.5) is 0 Å². The first-order valence-electron chi connectivity index (χ1n) is 11.0. The van der Waals surface area contributed by atoms with Crippen LogP contribution in [0.2, 0.25) is 0 Å². The number of piperidine rings is 1. The molecule has 166 valence electrons. The largest absolute Gasteiger partial charge is 0.458 e. The van der Waals surface area contributed by atoms with E-state index >= 15 is 0 Å². The number of terminal acetylenes is 1. The molecule has 3 aromatic rings. The third kappa shape index (κ3) is 4.73. The lowest BCUT2D eigenvalue weighted by molar-refractivity contribution is -0.127. The first-order valence-corrected chi connectivity index (χ1v) is 11.0. The number of amides is 1. The summed E-state index contributed by atoms with van der Waals surface area (Å²) in [5.74, 6) is 3.81. The van der Waals surface area contributed by atoms with Gasteiger partial charge in [-0.25, -0.2) is 0 Å². The number of hydrogen-bond acceptors (Lipinski definition) is 4. The molecule has 0 radical (unpaired) electrons. The first kappa shape index (κ1) is 22.1. The van der Waals surface area contributed by atoms with Gasteiger partial charge in [0.25, 0.3) is 0 Å². The number of benzene rings is 1.